The summed E-state index contributed by atoms with van der Waals surface area (Å²) in [5.74, 6) is -0.318. The van der Waals surface area contributed by atoms with E-state index in [0.717, 1.165) is 25.7 Å². The van der Waals surface area contributed by atoms with Crippen LogP contribution in [-0.2, 0) is 4.79 Å². The van der Waals surface area contributed by atoms with Gasteiger partial charge in [0.25, 0.3) is 0 Å². The van der Waals surface area contributed by atoms with Crippen LogP contribution in [0.25, 0.3) is 0 Å². The molecule has 0 aliphatic carbocycles. The molecule has 1 amide bonds. The fraction of sp³-hybridized carbons (Fsp3) is 0.863. The van der Waals surface area contributed by atoms with Crippen LogP contribution in [0.15, 0.2) is 36.5 Å². The molecule has 3 unspecified atom stereocenters. The molecule has 0 rings (SSSR count). The highest BCUT2D eigenvalue weighted by atomic mass is 16.3. The molecule has 3 atom stereocenters. The molecule has 0 saturated heterocycles. The van der Waals surface area contributed by atoms with Crippen molar-refractivity contribution in [3.63, 3.8) is 0 Å². The SMILES string of the molecule is CCCCC/C=C\C=C/CCCCCCCCCCC(O)CC(=O)NC(CO)C(O)/C=C/CCCCCCCCCCCCCCCCCCCCCCCC. The minimum atomic E-state index is -0.931. The van der Waals surface area contributed by atoms with E-state index in [1.54, 1.807) is 6.08 Å². The minimum Gasteiger partial charge on any atom is -0.394 e. The van der Waals surface area contributed by atoms with E-state index in [1.807, 2.05) is 6.08 Å². The number of unbranched alkanes of at least 4 members (excludes halogenated alkanes) is 33. The molecule has 5 heteroatoms. The number of hydrogen-bond donors (Lipinski definition) is 4. The summed E-state index contributed by atoms with van der Waals surface area (Å²) >= 11 is 0. The summed E-state index contributed by atoms with van der Waals surface area (Å²) in [6.45, 7) is 4.20. The molecular weight excluding hydrogens is 691 g/mol. The van der Waals surface area contributed by atoms with Crippen LogP contribution in [0.1, 0.15) is 258 Å². The standard InChI is InChI=1S/C51H97NO4/c1-3-5-7-9-11-13-15-17-19-21-22-23-24-25-26-27-29-31-33-35-37-39-41-43-45-50(55)49(47-53)52-51(56)46-48(54)44-42-40-38-36-34-32-30-28-20-18-16-14-12-10-8-6-4-2/h12,14,16,18,43,45,48-50,53-55H,3-11,13,15,17,19-42,44,46-47H2,1-2H3,(H,52,56)/b14-12-,18-16-,45-43+. The smallest absolute Gasteiger partial charge is 0.222 e. The van der Waals surface area contributed by atoms with E-state index in [9.17, 15) is 20.1 Å². The Morgan fingerprint density at radius 2 is 0.786 bits per heavy atom. The summed E-state index contributed by atoms with van der Waals surface area (Å²) in [6.07, 6.45) is 58.7. The van der Waals surface area contributed by atoms with Crippen LogP contribution in [0, 0.1) is 0 Å². The number of carbonyl (C=O) groups is 1. The van der Waals surface area contributed by atoms with Crippen molar-refractivity contribution in [3.05, 3.63) is 36.5 Å². The maximum atomic E-state index is 12.5. The first-order chi connectivity index (χ1) is 27.5. The maximum Gasteiger partial charge on any atom is 0.222 e. The molecule has 0 spiro atoms. The van der Waals surface area contributed by atoms with Gasteiger partial charge in [-0.25, -0.2) is 0 Å². The molecule has 0 saturated carbocycles. The Hall–Kier alpha value is -1.43. The van der Waals surface area contributed by atoms with Crippen molar-refractivity contribution < 1.29 is 20.1 Å². The lowest BCUT2D eigenvalue weighted by Gasteiger charge is -2.21. The van der Waals surface area contributed by atoms with Crippen LogP contribution in [0.5, 0.6) is 0 Å². The average molecular weight is 788 g/mol. The summed E-state index contributed by atoms with van der Waals surface area (Å²) in [7, 11) is 0. The number of allylic oxidation sites excluding steroid dienone is 5. The van der Waals surface area contributed by atoms with Crippen LogP contribution in [0.4, 0.5) is 0 Å². The number of aliphatic hydroxyl groups is 3. The number of hydrogen-bond acceptors (Lipinski definition) is 4. The number of amides is 1. The molecule has 0 aromatic carbocycles. The van der Waals surface area contributed by atoms with E-state index in [4.69, 9.17) is 0 Å². The first-order valence-electron chi connectivity index (χ1n) is 24.8. The van der Waals surface area contributed by atoms with Crippen molar-refractivity contribution in [2.45, 2.75) is 276 Å². The fourth-order valence-electron chi connectivity index (χ4n) is 7.63. The average Bonchev–Trinajstić information content (AvgIpc) is 3.19. The summed E-state index contributed by atoms with van der Waals surface area (Å²) in [4.78, 5) is 12.5. The van der Waals surface area contributed by atoms with Gasteiger partial charge >= 0.3 is 0 Å². The number of nitrogens with one attached hydrogen (secondary N) is 1. The highest BCUT2D eigenvalue weighted by molar-refractivity contribution is 5.76. The summed E-state index contributed by atoms with van der Waals surface area (Å²) in [5.41, 5.74) is 0. The second kappa shape index (κ2) is 46.3. The molecule has 0 heterocycles. The van der Waals surface area contributed by atoms with Gasteiger partial charge in [-0.1, -0.05) is 243 Å². The molecule has 0 aliphatic rings. The molecule has 56 heavy (non-hydrogen) atoms. The van der Waals surface area contributed by atoms with Crippen LogP contribution >= 0.6 is 0 Å². The Kier molecular flexibility index (Phi) is 45.1. The van der Waals surface area contributed by atoms with Gasteiger partial charge in [0.15, 0.2) is 0 Å². The second-order valence-electron chi connectivity index (χ2n) is 17.1. The largest absolute Gasteiger partial charge is 0.394 e. The predicted octanol–water partition coefficient (Wildman–Crippen LogP) is 14.7. The zero-order valence-electron chi connectivity index (χ0n) is 37.5. The molecule has 330 valence electrons. The highest BCUT2D eigenvalue weighted by Gasteiger charge is 2.20. The van der Waals surface area contributed by atoms with E-state index < -0.39 is 18.2 Å². The van der Waals surface area contributed by atoms with Gasteiger partial charge in [-0.05, 0) is 44.9 Å². The fourth-order valence-corrected chi connectivity index (χ4v) is 7.63. The van der Waals surface area contributed by atoms with Gasteiger partial charge in [0, 0.05) is 0 Å². The lowest BCUT2D eigenvalue weighted by molar-refractivity contribution is -0.124. The predicted molar refractivity (Wildman–Crippen MR) is 245 cm³/mol. The minimum absolute atomic E-state index is 0.00943. The van der Waals surface area contributed by atoms with Crippen molar-refractivity contribution in [1.29, 1.82) is 0 Å². The molecular formula is C51H97NO4. The van der Waals surface area contributed by atoms with Crippen LogP contribution in [0.3, 0.4) is 0 Å². The van der Waals surface area contributed by atoms with E-state index in [2.05, 4.69) is 43.5 Å². The van der Waals surface area contributed by atoms with Gasteiger partial charge < -0.3 is 20.6 Å². The van der Waals surface area contributed by atoms with E-state index in [1.165, 1.54) is 205 Å². The molecule has 0 radical (unpaired) electrons. The third-order valence-electron chi connectivity index (χ3n) is 11.4. The van der Waals surface area contributed by atoms with Gasteiger partial charge in [0.1, 0.15) is 0 Å². The summed E-state index contributed by atoms with van der Waals surface area (Å²) in [5, 5.41) is 33.3. The van der Waals surface area contributed by atoms with E-state index >= 15 is 0 Å². The van der Waals surface area contributed by atoms with Crippen molar-refractivity contribution in [1.82, 2.24) is 5.32 Å². The zero-order chi connectivity index (χ0) is 40.8. The molecule has 4 N–H and O–H groups in total. The van der Waals surface area contributed by atoms with Crippen molar-refractivity contribution in [2.75, 3.05) is 6.61 Å². The number of aliphatic hydroxyl groups excluding tert-OH is 3. The monoisotopic (exact) mass is 788 g/mol. The van der Waals surface area contributed by atoms with Gasteiger partial charge in [-0.15, -0.1) is 0 Å². The molecule has 0 bridgehead atoms. The van der Waals surface area contributed by atoms with Crippen molar-refractivity contribution in [2.24, 2.45) is 0 Å². The van der Waals surface area contributed by atoms with Crippen molar-refractivity contribution >= 4 is 5.91 Å². The third-order valence-corrected chi connectivity index (χ3v) is 11.4. The third kappa shape index (κ3) is 42.2. The lowest BCUT2D eigenvalue weighted by atomic mass is 10.0. The Labute approximate surface area is 349 Å². The van der Waals surface area contributed by atoms with E-state index in [-0.39, 0.29) is 18.9 Å². The lowest BCUT2D eigenvalue weighted by Crippen LogP contribution is -2.45. The molecule has 0 aromatic rings. The summed E-state index contributed by atoms with van der Waals surface area (Å²) < 4.78 is 0. The normalized spacial score (nSPS) is 13.7. The van der Waals surface area contributed by atoms with Gasteiger partial charge in [0.05, 0.1) is 31.3 Å². The van der Waals surface area contributed by atoms with E-state index in [0.29, 0.717) is 6.42 Å². The van der Waals surface area contributed by atoms with Crippen molar-refractivity contribution in [3.8, 4) is 0 Å². The second-order valence-corrected chi connectivity index (χ2v) is 17.1. The molecule has 0 aliphatic heterocycles. The van der Waals surface area contributed by atoms with Crippen LogP contribution < -0.4 is 5.32 Å². The Morgan fingerprint density at radius 3 is 1.18 bits per heavy atom. The van der Waals surface area contributed by atoms with Gasteiger partial charge in [-0.2, -0.15) is 0 Å². The van der Waals surface area contributed by atoms with Gasteiger partial charge in [0.2, 0.25) is 5.91 Å². The maximum absolute atomic E-state index is 12.5. The first kappa shape index (κ1) is 54.6. The number of rotatable bonds is 45. The first-order valence-corrected chi connectivity index (χ1v) is 24.8. The zero-order valence-corrected chi connectivity index (χ0v) is 37.5. The quantitative estimate of drug-likeness (QED) is 0.0281. The Morgan fingerprint density at radius 1 is 0.464 bits per heavy atom. The highest BCUT2D eigenvalue weighted by Crippen LogP contribution is 2.16. The van der Waals surface area contributed by atoms with Crippen LogP contribution in [0.2, 0.25) is 0 Å². The molecule has 0 fully saturated rings. The van der Waals surface area contributed by atoms with Crippen LogP contribution in [-0.4, -0.2) is 46.1 Å². The van der Waals surface area contributed by atoms with Gasteiger partial charge in [-0.3, -0.25) is 4.79 Å². The Bertz CT molecular complexity index is 870. The summed E-state index contributed by atoms with van der Waals surface area (Å²) in [6, 6.07) is -0.747. The molecule has 0 aromatic heterocycles. The molecule has 5 nitrogen and oxygen atoms in total. The number of carbonyl (C=O) groups excluding carboxylic acids is 1. The Balaban J connectivity index is 3.61. The topological polar surface area (TPSA) is 89.8 Å².